The van der Waals surface area contributed by atoms with Gasteiger partial charge in [-0.15, -0.1) is 11.8 Å². The maximum atomic E-state index is 13.0. The molecule has 1 aliphatic heterocycles. The number of para-hydroxylation sites is 1. The molecule has 3 rings (SSSR count). The van der Waals surface area contributed by atoms with Gasteiger partial charge < -0.3 is 15.4 Å². The summed E-state index contributed by atoms with van der Waals surface area (Å²) in [6.07, 6.45) is 0.782. The van der Waals surface area contributed by atoms with Gasteiger partial charge in [-0.1, -0.05) is 30.3 Å². The number of hydrogen-bond donors (Lipinski definition) is 3. The second kappa shape index (κ2) is 11.2. The lowest BCUT2D eigenvalue weighted by molar-refractivity contribution is -0.133. The summed E-state index contributed by atoms with van der Waals surface area (Å²) >= 11 is 1.52. The molecule has 8 heteroatoms. The Morgan fingerprint density at radius 2 is 1.94 bits per heavy atom. The minimum Gasteiger partial charge on any atom is -0.496 e. The first-order chi connectivity index (χ1) is 15.0. The number of hydrogen-bond acceptors (Lipinski definition) is 5. The van der Waals surface area contributed by atoms with Crippen LogP contribution in [0, 0.1) is 11.7 Å². The summed E-state index contributed by atoms with van der Waals surface area (Å²) in [6, 6.07) is 13.9. The zero-order valence-corrected chi connectivity index (χ0v) is 18.5. The van der Waals surface area contributed by atoms with Crippen LogP contribution in [0.4, 0.5) is 4.39 Å². The van der Waals surface area contributed by atoms with Crippen molar-refractivity contribution in [1.82, 2.24) is 16.0 Å². The Labute approximate surface area is 186 Å². The Kier molecular flexibility index (Phi) is 8.31. The number of amides is 2. The predicted molar refractivity (Wildman–Crippen MR) is 120 cm³/mol. The molecule has 1 fully saturated rings. The molecule has 2 amide bonds. The summed E-state index contributed by atoms with van der Waals surface area (Å²) in [5.74, 6) is 0.442. The molecule has 3 N–H and O–H groups in total. The van der Waals surface area contributed by atoms with E-state index in [0.29, 0.717) is 18.7 Å². The van der Waals surface area contributed by atoms with Gasteiger partial charge in [0.1, 0.15) is 17.1 Å². The van der Waals surface area contributed by atoms with Gasteiger partial charge in [0.05, 0.1) is 13.0 Å². The Balaban J connectivity index is 1.42. The molecule has 0 aliphatic carbocycles. The van der Waals surface area contributed by atoms with Crippen LogP contribution in [-0.4, -0.2) is 37.0 Å². The molecule has 3 atom stereocenters. The molecule has 1 saturated heterocycles. The molecule has 2 aromatic rings. The molecule has 0 saturated carbocycles. The second-order valence-electron chi connectivity index (χ2n) is 7.50. The van der Waals surface area contributed by atoms with Crippen LogP contribution >= 0.6 is 11.8 Å². The zero-order valence-electron chi connectivity index (χ0n) is 17.7. The van der Waals surface area contributed by atoms with Crippen molar-refractivity contribution in [2.45, 2.75) is 37.1 Å². The maximum absolute atomic E-state index is 13.0. The van der Waals surface area contributed by atoms with Crippen molar-refractivity contribution in [2.24, 2.45) is 5.92 Å². The van der Waals surface area contributed by atoms with E-state index in [2.05, 4.69) is 16.0 Å². The molecule has 6 nitrogen and oxygen atoms in total. The average Bonchev–Trinajstić information content (AvgIpc) is 2.76. The van der Waals surface area contributed by atoms with Gasteiger partial charge in [-0.25, -0.2) is 4.39 Å². The molecule has 3 unspecified atom stereocenters. The molecular formula is C23H28FN3O3S. The van der Waals surface area contributed by atoms with Crippen molar-refractivity contribution in [3.05, 3.63) is 65.5 Å². The Morgan fingerprint density at radius 1 is 1.19 bits per heavy atom. The van der Waals surface area contributed by atoms with Crippen LogP contribution in [-0.2, 0) is 21.8 Å². The number of carbonyl (C=O) groups excluding carboxylic acids is 2. The third-order valence-electron chi connectivity index (χ3n) is 5.27. The highest BCUT2D eigenvalue weighted by atomic mass is 32.2. The smallest absolute Gasteiger partial charge is 0.227 e. The number of carbonyl (C=O) groups is 2. The summed E-state index contributed by atoms with van der Waals surface area (Å²) in [7, 11) is 1.62. The summed E-state index contributed by atoms with van der Waals surface area (Å²) in [5.41, 5.74) is 1.75. The predicted octanol–water partition coefficient (Wildman–Crippen LogP) is 2.82. The average molecular weight is 446 g/mol. The van der Waals surface area contributed by atoms with Crippen molar-refractivity contribution in [1.29, 1.82) is 0 Å². The van der Waals surface area contributed by atoms with Crippen molar-refractivity contribution >= 4 is 23.6 Å². The molecule has 0 radical (unpaired) electrons. The van der Waals surface area contributed by atoms with Crippen LogP contribution in [0.2, 0.25) is 0 Å². The molecule has 0 bridgehead atoms. The summed E-state index contributed by atoms with van der Waals surface area (Å²) < 4.78 is 18.3. The third-order valence-corrected chi connectivity index (χ3v) is 6.36. The second-order valence-corrected chi connectivity index (χ2v) is 8.60. The monoisotopic (exact) mass is 445 g/mol. The van der Waals surface area contributed by atoms with E-state index in [1.165, 1.54) is 23.9 Å². The zero-order chi connectivity index (χ0) is 22.2. The van der Waals surface area contributed by atoms with Gasteiger partial charge >= 0.3 is 0 Å². The van der Waals surface area contributed by atoms with E-state index in [-0.39, 0.29) is 35.6 Å². The molecule has 0 spiro atoms. The van der Waals surface area contributed by atoms with Gasteiger partial charge in [0.15, 0.2) is 0 Å². The largest absolute Gasteiger partial charge is 0.496 e. The molecule has 1 aliphatic rings. The Hall–Kier alpha value is -2.58. The van der Waals surface area contributed by atoms with Gasteiger partial charge in [-0.3, -0.25) is 14.9 Å². The minimum atomic E-state index is -0.436. The number of ether oxygens (including phenoxy) is 1. The first-order valence-electron chi connectivity index (χ1n) is 10.3. The molecule has 0 aromatic heterocycles. The molecule has 166 valence electrons. The van der Waals surface area contributed by atoms with Gasteiger partial charge in [-0.05, 0) is 42.7 Å². The van der Waals surface area contributed by atoms with E-state index in [0.717, 1.165) is 16.9 Å². The Bertz CT molecular complexity index is 894. The van der Waals surface area contributed by atoms with Crippen LogP contribution in [0.1, 0.15) is 24.5 Å². The number of nitrogens with one attached hydrogen (secondary N) is 3. The van der Waals surface area contributed by atoms with E-state index < -0.39 is 5.92 Å². The topological polar surface area (TPSA) is 79.5 Å². The quantitative estimate of drug-likeness (QED) is 0.553. The first-order valence-corrected chi connectivity index (χ1v) is 11.3. The lowest BCUT2D eigenvalue weighted by atomic mass is 9.94. The van der Waals surface area contributed by atoms with Gasteiger partial charge in [0, 0.05) is 24.8 Å². The summed E-state index contributed by atoms with van der Waals surface area (Å²) in [4.78, 5) is 25.0. The highest BCUT2D eigenvalue weighted by molar-refractivity contribution is 7.99. The molecular weight excluding hydrogens is 417 g/mol. The first kappa shape index (κ1) is 23.1. The third kappa shape index (κ3) is 6.70. The fraction of sp³-hybridized carbons (Fsp3) is 0.391. The standard InChI is InChI=1S/C23H28FN3O3S/c1-15-19(13-21(28)25-12-11-17-5-3-4-6-20(17)30-2)22(29)27-23(26-15)31-14-16-7-9-18(24)10-8-16/h3-10,15,19,23,26H,11-14H2,1-2H3,(H,25,28)(H,27,29). The van der Waals surface area contributed by atoms with E-state index >= 15 is 0 Å². The van der Waals surface area contributed by atoms with Gasteiger partial charge in [0.2, 0.25) is 11.8 Å². The summed E-state index contributed by atoms with van der Waals surface area (Å²) in [6.45, 7) is 2.39. The van der Waals surface area contributed by atoms with Gasteiger partial charge in [-0.2, -0.15) is 0 Å². The SMILES string of the molecule is COc1ccccc1CCNC(=O)CC1C(=O)NC(SCc2ccc(F)cc2)NC1C. The van der Waals surface area contributed by atoms with Crippen LogP contribution in [0.3, 0.4) is 0 Å². The normalized spacial score (nSPS) is 20.7. The van der Waals surface area contributed by atoms with Crippen LogP contribution in [0.5, 0.6) is 5.75 Å². The molecule has 2 aromatic carbocycles. The fourth-order valence-corrected chi connectivity index (χ4v) is 4.56. The van der Waals surface area contributed by atoms with Crippen LogP contribution in [0.25, 0.3) is 0 Å². The van der Waals surface area contributed by atoms with Crippen molar-refractivity contribution in [2.75, 3.05) is 13.7 Å². The van der Waals surface area contributed by atoms with E-state index in [4.69, 9.17) is 4.74 Å². The molecule has 31 heavy (non-hydrogen) atoms. The fourth-order valence-electron chi connectivity index (χ4n) is 3.50. The van der Waals surface area contributed by atoms with E-state index in [1.807, 2.05) is 31.2 Å². The lowest BCUT2D eigenvalue weighted by Crippen LogP contribution is -2.59. The van der Waals surface area contributed by atoms with Gasteiger partial charge in [0.25, 0.3) is 0 Å². The van der Waals surface area contributed by atoms with Crippen LogP contribution < -0.4 is 20.7 Å². The number of rotatable bonds is 9. The molecule has 1 heterocycles. The highest BCUT2D eigenvalue weighted by Crippen LogP contribution is 2.22. The van der Waals surface area contributed by atoms with Crippen molar-refractivity contribution < 1.29 is 18.7 Å². The number of thioether (sulfide) groups is 1. The van der Waals surface area contributed by atoms with E-state index in [1.54, 1.807) is 19.2 Å². The van der Waals surface area contributed by atoms with E-state index in [9.17, 15) is 14.0 Å². The minimum absolute atomic E-state index is 0.126. The number of halogens is 1. The van der Waals surface area contributed by atoms with Crippen LogP contribution in [0.15, 0.2) is 48.5 Å². The highest BCUT2D eigenvalue weighted by Gasteiger charge is 2.34. The summed E-state index contributed by atoms with van der Waals surface area (Å²) in [5, 5.41) is 9.16. The van der Waals surface area contributed by atoms with Crippen molar-refractivity contribution in [3.8, 4) is 5.75 Å². The number of benzene rings is 2. The van der Waals surface area contributed by atoms with Crippen molar-refractivity contribution in [3.63, 3.8) is 0 Å². The Morgan fingerprint density at radius 3 is 2.65 bits per heavy atom. The number of methoxy groups -OCH3 is 1. The lowest BCUT2D eigenvalue weighted by Gasteiger charge is -2.35. The maximum Gasteiger partial charge on any atom is 0.227 e.